The molecule has 0 aromatic heterocycles. The number of rotatable bonds is 20. The van der Waals surface area contributed by atoms with Crippen molar-refractivity contribution in [2.75, 3.05) is 25.1 Å². The van der Waals surface area contributed by atoms with Gasteiger partial charge in [0, 0.05) is 6.54 Å². The maximum Gasteiger partial charge on any atom is 0.326 e. The van der Waals surface area contributed by atoms with Crippen molar-refractivity contribution in [2.24, 2.45) is 33.8 Å². The normalized spacial score (nSPS) is 14.2. The van der Waals surface area contributed by atoms with Crippen LogP contribution in [0.3, 0.4) is 0 Å². The molecule has 0 bridgehead atoms. The van der Waals surface area contributed by atoms with E-state index in [4.69, 9.17) is 22.9 Å². The summed E-state index contributed by atoms with van der Waals surface area (Å²) in [7, 11) is 0. The third kappa shape index (κ3) is 16.0. The van der Waals surface area contributed by atoms with Crippen LogP contribution in [0.25, 0.3) is 0 Å². The van der Waals surface area contributed by atoms with Gasteiger partial charge in [-0.2, -0.15) is 11.8 Å². The van der Waals surface area contributed by atoms with Gasteiger partial charge in [0.05, 0.1) is 6.04 Å². The first-order valence-electron chi connectivity index (χ1n) is 12.6. The number of thioether (sulfide) groups is 1. The summed E-state index contributed by atoms with van der Waals surface area (Å²) in [6.45, 7) is 4.44. The van der Waals surface area contributed by atoms with Crippen molar-refractivity contribution < 1.29 is 24.3 Å². The highest BCUT2D eigenvalue weighted by molar-refractivity contribution is 7.98. The highest BCUT2D eigenvalue weighted by Gasteiger charge is 2.30. The first-order chi connectivity index (χ1) is 17.4. The smallest absolute Gasteiger partial charge is 0.326 e. The molecule has 12 N–H and O–H groups in total. The number of unbranched alkanes of at least 4 members (excludes halogenated alkanes) is 1. The van der Waals surface area contributed by atoms with Crippen LogP contribution in [0.15, 0.2) is 4.99 Å². The molecule has 37 heavy (non-hydrogen) atoms. The van der Waals surface area contributed by atoms with E-state index < -0.39 is 47.9 Å². The van der Waals surface area contributed by atoms with E-state index in [2.05, 4.69) is 20.9 Å². The fourth-order valence-electron chi connectivity index (χ4n) is 3.43. The van der Waals surface area contributed by atoms with E-state index >= 15 is 0 Å². The van der Waals surface area contributed by atoms with E-state index in [0.717, 1.165) is 6.42 Å². The Morgan fingerprint density at radius 1 is 0.865 bits per heavy atom. The molecule has 0 aliphatic carbocycles. The Morgan fingerprint density at radius 2 is 1.43 bits per heavy atom. The van der Waals surface area contributed by atoms with Gasteiger partial charge in [-0.3, -0.25) is 19.4 Å². The highest BCUT2D eigenvalue weighted by atomic mass is 32.2. The lowest BCUT2D eigenvalue weighted by molar-refractivity contribution is -0.142. The average Bonchev–Trinajstić information content (AvgIpc) is 2.82. The van der Waals surface area contributed by atoms with Crippen molar-refractivity contribution >= 4 is 41.4 Å². The number of hydrogen-bond donors (Lipinski definition) is 8. The summed E-state index contributed by atoms with van der Waals surface area (Å²) in [5, 5.41) is 17.4. The minimum Gasteiger partial charge on any atom is -0.480 e. The molecule has 0 aromatic rings. The third-order valence-electron chi connectivity index (χ3n) is 5.45. The topological polar surface area (TPSA) is 241 Å². The van der Waals surface area contributed by atoms with Crippen molar-refractivity contribution in [3.8, 4) is 0 Å². The molecule has 0 fully saturated rings. The summed E-state index contributed by atoms with van der Waals surface area (Å²) in [6.07, 6.45) is 4.77. The first kappa shape index (κ1) is 34.4. The first-order valence-corrected chi connectivity index (χ1v) is 14.0. The monoisotopic (exact) mass is 546 g/mol. The van der Waals surface area contributed by atoms with Crippen LogP contribution in [0.1, 0.15) is 58.8 Å². The van der Waals surface area contributed by atoms with E-state index in [1.165, 1.54) is 11.8 Å². The number of hydrogen-bond acceptors (Lipinski definition) is 8. The summed E-state index contributed by atoms with van der Waals surface area (Å²) in [5.74, 6) is -2.32. The van der Waals surface area contributed by atoms with Crippen molar-refractivity contribution in [3.05, 3.63) is 0 Å². The van der Waals surface area contributed by atoms with Gasteiger partial charge in [0.25, 0.3) is 0 Å². The quantitative estimate of drug-likeness (QED) is 0.0517. The molecule has 214 valence electrons. The number of nitrogens with zero attached hydrogens (tertiary/aromatic N) is 1. The SMILES string of the molecule is CSCCC(NC(=O)C(CCCN=C(N)N)NC(=O)C(N)CCCCN)C(=O)NC(CC(C)C)C(=O)O. The number of guanidine groups is 1. The van der Waals surface area contributed by atoms with E-state index in [1.54, 1.807) is 0 Å². The summed E-state index contributed by atoms with van der Waals surface area (Å²) in [6, 6.07) is -3.87. The van der Waals surface area contributed by atoms with Gasteiger partial charge in [0.15, 0.2) is 5.96 Å². The largest absolute Gasteiger partial charge is 0.480 e. The van der Waals surface area contributed by atoms with E-state index in [0.29, 0.717) is 31.6 Å². The number of aliphatic carboxylic acids is 1. The van der Waals surface area contributed by atoms with Crippen LogP contribution >= 0.6 is 11.8 Å². The Labute approximate surface area is 223 Å². The molecule has 0 aliphatic heterocycles. The van der Waals surface area contributed by atoms with Gasteiger partial charge in [-0.05, 0) is 63.0 Å². The fraction of sp³-hybridized carbons (Fsp3) is 0.783. The van der Waals surface area contributed by atoms with Gasteiger partial charge in [-0.15, -0.1) is 0 Å². The molecule has 14 heteroatoms. The number of carboxylic acids is 1. The van der Waals surface area contributed by atoms with Crippen LogP contribution in [0.5, 0.6) is 0 Å². The molecule has 0 heterocycles. The van der Waals surface area contributed by atoms with Gasteiger partial charge in [0.2, 0.25) is 17.7 Å². The fourth-order valence-corrected chi connectivity index (χ4v) is 3.90. The number of nitrogens with one attached hydrogen (secondary N) is 3. The molecule has 0 aliphatic rings. The lowest BCUT2D eigenvalue weighted by Crippen LogP contribution is -2.57. The Bertz CT molecular complexity index is 749. The third-order valence-corrected chi connectivity index (χ3v) is 6.09. The minimum absolute atomic E-state index is 0.0412. The maximum absolute atomic E-state index is 13.2. The van der Waals surface area contributed by atoms with Gasteiger partial charge >= 0.3 is 5.97 Å². The van der Waals surface area contributed by atoms with Crippen molar-refractivity contribution in [1.82, 2.24) is 16.0 Å². The second kappa shape index (κ2) is 19.5. The number of carbonyl (C=O) groups excluding carboxylic acids is 3. The molecule has 0 aromatic carbocycles. The number of amides is 3. The Morgan fingerprint density at radius 3 is 1.95 bits per heavy atom. The molecular weight excluding hydrogens is 500 g/mol. The molecule has 0 rings (SSSR count). The van der Waals surface area contributed by atoms with Crippen LogP contribution in [0.4, 0.5) is 0 Å². The average molecular weight is 547 g/mol. The van der Waals surface area contributed by atoms with Gasteiger partial charge < -0.3 is 44.0 Å². The lowest BCUT2D eigenvalue weighted by atomic mass is 10.0. The summed E-state index contributed by atoms with van der Waals surface area (Å²) in [4.78, 5) is 54.3. The second-order valence-corrected chi connectivity index (χ2v) is 10.3. The van der Waals surface area contributed by atoms with Gasteiger partial charge in [-0.1, -0.05) is 20.3 Å². The predicted molar refractivity (Wildman–Crippen MR) is 147 cm³/mol. The summed E-state index contributed by atoms with van der Waals surface area (Å²) in [5.41, 5.74) is 22.2. The number of nitrogens with two attached hydrogens (primary N) is 4. The van der Waals surface area contributed by atoms with E-state index in [1.807, 2.05) is 20.1 Å². The zero-order valence-electron chi connectivity index (χ0n) is 22.2. The maximum atomic E-state index is 13.2. The van der Waals surface area contributed by atoms with Crippen molar-refractivity contribution in [3.63, 3.8) is 0 Å². The molecule has 4 unspecified atom stereocenters. The van der Waals surface area contributed by atoms with Gasteiger partial charge in [-0.25, -0.2) is 4.79 Å². The molecule has 3 amide bonds. The standard InChI is InChI=1S/C23H46N8O5S/c1-14(2)13-18(22(35)36)31-21(34)17(9-12-37-3)30-20(33)16(8-6-11-28-23(26)27)29-19(32)15(25)7-4-5-10-24/h14-18H,4-13,24-25H2,1-3H3,(H,29,32)(H,30,33)(H,31,34)(H,35,36)(H4,26,27,28). The Hall–Kier alpha value is -2.58. The van der Waals surface area contributed by atoms with E-state index in [9.17, 15) is 24.3 Å². The lowest BCUT2D eigenvalue weighted by Gasteiger charge is -2.25. The number of aliphatic imine (C=N–C) groups is 1. The Kier molecular flexibility index (Phi) is 18.2. The summed E-state index contributed by atoms with van der Waals surface area (Å²) >= 11 is 1.48. The molecule has 13 nitrogen and oxygen atoms in total. The number of carbonyl (C=O) groups is 4. The molecule has 0 saturated heterocycles. The molecular formula is C23H46N8O5S. The Balaban J connectivity index is 5.53. The zero-order chi connectivity index (χ0) is 28.4. The molecule has 0 radical (unpaired) electrons. The van der Waals surface area contributed by atoms with Crippen LogP contribution in [-0.4, -0.2) is 84.0 Å². The van der Waals surface area contributed by atoms with Crippen molar-refractivity contribution in [1.29, 1.82) is 0 Å². The number of carboxylic acid groups (broad SMARTS) is 1. The van der Waals surface area contributed by atoms with Gasteiger partial charge in [0.1, 0.15) is 18.1 Å². The van der Waals surface area contributed by atoms with Crippen LogP contribution < -0.4 is 38.9 Å². The van der Waals surface area contributed by atoms with Crippen LogP contribution in [-0.2, 0) is 19.2 Å². The van der Waals surface area contributed by atoms with Crippen molar-refractivity contribution in [2.45, 2.75) is 83.0 Å². The predicted octanol–water partition coefficient (Wildman–Crippen LogP) is -1.17. The second-order valence-electron chi connectivity index (χ2n) is 9.27. The highest BCUT2D eigenvalue weighted by Crippen LogP contribution is 2.09. The molecule has 0 spiro atoms. The molecule has 0 saturated carbocycles. The minimum atomic E-state index is -1.15. The zero-order valence-corrected chi connectivity index (χ0v) is 23.0. The summed E-state index contributed by atoms with van der Waals surface area (Å²) < 4.78 is 0. The van der Waals surface area contributed by atoms with E-state index in [-0.39, 0.29) is 37.7 Å². The van der Waals surface area contributed by atoms with Crippen LogP contribution in [0, 0.1) is 5.92 Å². The molecule has 4 atom stereocenters. The van der Waals surface area contributed by atoms with Crippen LogP contribution in [0.2, 0.25) is 0 Å².